The van der Waals surface area contributed by atoms with E-state index in [-0.39, 0.29) is 5.82 Å². The smallest absolute Gasteiger partial charge is 0.123 e. The van der Waals surface area contributed by atoms with Crippen LogP contribution in [0.1, 0.15) is 19.8 Å². The minimum Gasteiger partial charge on any atom is -0.248 e. The van der Waals surface area contributed by atoms with E-state index in [2.05, 4.69) is 12.8 Å². The van der Waals surface area contributed by atoms with Crippen LogP contribution in [0.15, 0.2) is 29.2 Å². The molecule has 4 heteroatoms. The molecule has 17 heavy (non-hydrogen) atoms. The zero-order valence-corrected chi connectivity index (χ0v) is 10.9. The zero-order chi connectivity index (χ0) is 12.5. The third-order valence-electron chi connectivity index (χ3n) is 3.34. The first-order valence-electron chi connectivity index (χ1n) is 5.88. The van der Waals surface area contributed by atoms with Gasteiger partial charge in [-0.1, -0.05) is 6.92 Å². The van der Waals surface area contributed by atoms with Crippen molar-refractivity contribution in [3.8, 4) is 0 Å². The molecule has 2 rings (SSSR count). The van der Waals surface area contributed by atoms with E-state index in [4.69, 9.17) is 0 Å². The van der Waals surface area contributed by atoms with E-state index in [0.29, 0.717) is 10.8 Å². The highest BCUT2D eigenvalue weighted by molar-refractivity contribution is 7.98. The Kier molecular flexibility index (Phi) is 3.54. The SMILES string of the molecule is C=S(=O)(c1ccc(F)cc1)N1CCC(C)CC1. The van der Waals surface area contributed by atoms with Gasteiger partial charge in [0.25, 0.3) is 0 Å². The standard InChI is InChI=1S/C13H18FNOS/c1-11-7-9-15(10-8-11)17(2,16)13-5-3-12(14)4-6-13/h3-6,11H,2,7-10H2,1H3. The largest absolute Gasteiger partial charge is 0.248 e. The Hall–Kier alpha value is -0.870. The van der Waals surface area contributed by atoms with Gasteiger partial charge in [0.2, 0.25) is 0 Å². The molecule has 0 radical (unpaired) electrons. The molecule has 1 fully saturated rings. The minimum absolute atomic E-state index is 0.309. The summed E-state index contributed by atoms with van der Waals surface area (Å²) in [5, 5.41) is 0. The fourth-order valence-corrected chi connectivity index (χ4v) is 3.74. The van der Waals surface area contributed by atoms with Crippen molar-refractivity contribution in [2.45, 2.75) is 24.7 Å². The summed E-state index contributed by atoms with van der Waals surface area (Å²) in [6.45, 7) is 3.82. The summed E-state index contributed by atoms with van der Waals surface area (Å²) in [4.78, 5) is 0.619. The number of rotatable bonds is 2. The second-order valence-electron chi connectivity index (χ2n) is 4.71. The molecule has 0 aliphatic carbocycles. The van der Waals surface area contributed by atoms with Gasteiger partial charge in [0.05, 0.1) is 9.71 Å². The topological polar surface area (TPSA) is 20.3 Å². The van der Waals surface area contributed by atoms with Crippen LogP contribution < -0.4 is 0 Å². The number of piperidine rings is 1. The van der Waals surface area contributed by atoms with Crippen LogP contribution in [0, 0.1) is 11.7 Å². The second-order valence-corrected chi connectivity index (χ2v) is 6.97. The van der Waals surface area contributed by atoms with E-state index in [1.807, 2.05) is 4.31 Å². The number of nitrogens with zero attached hydrogens (tertiary/aromatic N) is 1. The van der Waals surface area contributed by atoms with Crippen LogP contribution in [0.3, 0.4) is 0 Å². The van der Waals surface area contributed by atoms with E-state index in [1.54, 1.807) is 12.1 Å². The van der Waals surface area contributed by atoms with Gasteiger partial charge >= 0.3 is 0 Å². The summed E-state index contributed by atoms with van der Waals surface area (Å²) >= 11 is 0. The van der Waals surface area contributed by atoms with Crippen LogP contribution in [0.25, 0.3) is 0 Å². The first kappa shape index (κ1) is 12.6. The molecule has 0 spiro atoms. The van der Waals surface area contributed by atoms with Gasteiger partial charge in [-0.3, -0.25) is 0 Å². The number of hydrogen-bond acceptors (Lipinski definition) is 1. The highest BCUT2D eigenvalue weighted by Crippen LogP contribution is 2.23. The third-order valence-corrected chi connectivity index (χ3v) is 5.55. The quantitative estimate of drug-likeness (QED) is 0.744. The number of benzene rings is 1. The van der Waals surface area contributed by atoms with Gasteiger partial charge in [0, 0.05) is 18.0 Å². The van der Waals surface area contributed by atoms with Crippen molar-refractivity contribution in [1.29, 1.82) is 0 Å². The van der Waals surface area contributed by atoms with Crippen LogP contribution in [0.2, 0.25) is 0 Å². The molecule has 1 saturated heterocycles. The average molecular weight is 255 g/mol. The van der Waals surface area contributed by atoms with E-state index < -0.39 is 9.71 Å². The summed E-state index contributed by atoms with van der Waals surface area (Å²) in [5.74, 6) is 4.23. The predicted octanol–water partition coefficient (Wildman–Crippen LogP) is 2.55. The van der Waals surface area contributed by atoms with E-state index in [0.717, 1.165) is 25.9 Å². The molecule has 1 heterocycles. The van der Waals surface area contributed by atoms with Crippen LogP contribution in [0.4, 0.5) is 4.39 Å². The second kappa shape index (κ2) is 4.78. The molecule has 1 aliphatic heterocycles. The summed E-state index contributed by atoms with van der Waals surface area (Å²) < 4.78 is 27.4. The lowest BCUT2D eigenvalue weighted by Gasteiger charge is -2.32. The Morgan fingerprint density at radius 3 is 2.35 bits per heavy atom. The van der Waals surface area contributed by atoms with Gasteiger partial charge in [-0.15, -0.1) is 0 Å². The summed E-state index contributed by atoms with van der Waals surface area (Å²) in [7, 11) is -2.44. The van der Waals surface area contributed by atoms with E-state index >= 15 is 0 Å². The van der Waals surface area contributed by atoms with Gasteiger partial charge < -0.3 is 0 Å². The van der Waals surface area contributed by atoms with Crippen molar-refractivity contribution in [3.05, 3.63) is 30.1 Å². The molecule has 94 valence electrons. The average Bonchev–Trinajstić information content (AvgIpc) is 2.30. The molecule has 1 aliphatic rings. The maximum absolute atomic E-state index is 12.8. The molecule has 0 N–H and O–H groups in total. The number of halogens is 1. The minimum atomic E-state index is -2.44. The van der Waals surface area contributed by atoms with Gasteiger partial charge in [-0.25, -0.2) is 12.9 Å². The van der Waals surface area contributed by atoms with E-state index in [1.165, 1.54) is 12.1 Å². The number of hydrogen-bond donors (Lipinski definition) is 0. The Morgan fingerprint density at radius 1 is 1.29 bits per heavy atom. The van der Waals surface area contributed by atoms with Crippen molar-refractivity contribution in [1.82, 2.24) is 4.31 Å². The molecule has 1 atom stereocenters. The lowest BCUT2D eigenvalue weighted by molar-refractivity contribution is 0.298. The Bertz CT molecular complexity index is 473. The highest BCUT2D eigenvalue weighted by Gasteiger charge is 2.23. The van der Waals surface area contributed by atoms with Crippen LogP contribution in [-0.4, -0.2) is 27.5 Å². The first-order chi connectivity index (χ1) is 8.00. The Morgan fingerprint density at radius 2 is 1.82 bits per heavy atom. The molecule has 1 unspecified atom stereocenters. The molecular formula is C13H18FNOS. The van der Waals surface area contributed by atoms with Crippen molar-refractivity contribution >= 4 is 15.6 Å². The Labute approximate surface area is 103 Å². The third kappa shape index (κ3) is 2.69. The lowest BCUT2D eigenvalue weighted by Crippen LogP contribution is -2.37. The van der Waals surface area contributed by atoms with Gasteiger partial charge in [0.1, 0.15) is 5.82 Å². The molecule has 0 aromatic heterocycles. The van der Waals surface area contributed by atoms with Gasteiger partial charge in [-0.2, -0.15) is 0 Å². The van der Waals surface area contributed by atoms with Gasteiger partial charge in [0.15, 0.2) is 0 Å². The molecule has 1 aromatic rings. The summed E-state index contributed by atoms with van der Waals surface area (Å²) in [6, 6.07) is 5.82. The first-order valence-corrected chi connectivity index (χ1v) is 7.56. The molecule has 2 nitrogen and oxygen atoms in total. The predicted molar refractivity (Wildman–Crippen MR) is 69.9 cm³/mol. The normalized spacial score (nSPS) is 22.2. The molecule has 0 amide bonds. The molecule has 0 bridgehead atoms. The fourth-order valence-electron chi connectivity index (χ4n) is 2.08. The summed E-state index contributed by atoms with van der Waals surface area (Å²) in [5.41, 5.74) is 0. The van der Waals surface area contributed by atoms with Gasteiger partial charge in [-0.05, 0) is 48.9 Å². The van der Waals surface area contributed by atoms with Crippen molar-refractivity contribution in [2.75, 3.05) is 13.1 Å². The van der Waals surface area contributed by atoms with Crippen molar-refractivity contribution in [2.24, 2.45) is 5.92 Å². The lowest BCUT2D eigenvalue weighted by atomic mass is 10.0. The summed E-state index contributed by atoms with van der Waals surface area (Å²) in [6.07, 6.45) is 2.10. The molecule has 0 saturated carbocycles. The zero-order valence-electron chi connectivity index (χ0n) is 10.1. The van der Waals surface area contributed by atoms with Crippen LogP contribution >= 0.6 is 0 Å². The van der Waals surface area contributed by atoms with E-state index in [9.17, 15) is 8.60 Å². The van der Waals surface area contributed by atoms with Crippen molar-refractivity contribution in [3.63, 3.8) is 0 Å². The molecule has 1 aromatic carbocycles. The maximum atomic E-state index is 12.8. The fraction of sp³-hybridized carbons (Fsp3) is 0.462. The monoisotopic (exact) mass is 255 g/mol. The maximum Gasteiger partial charge on any atom is 0.123 e. The molecular weight excluding hydrogens is 237 g/mol. The van der Waals surface area contributed by atoms with Crippen LogP contribution in [0.5, 0.6) is 0 Å². The highest BCUT2D eigenvalue weighted by atomic mass is 32.2. The van der Waals surface area contributed by atoms with Crippen molar-refractivity contribution < 1.29 is 8.60 Å². The van der Waals surface area contributed by atoms with Crippen LogP contribution in [-0.2, 0) is 9.71 Å². The Balaban J connectivity index is 2.21.